The molecule has 0 saturated carbocycles. The van der Waals surface area contributed by atoms with E-state index in [1.807, 2.05) is 0 Å². The van der Waals surface area contributed by atoms with E-state index in [2.05, 4.69) is 68.4 Å². The van der Waals surface area contributed by atoms with Gasteiger partial charge in [0.1, 0.15) is 0 Å². The first-order chi connectivity index (χ1) is 9.58. The zero-order valence-corrected chi connectivity index (χ0v) is 13.5. The van der Waals surface area contributed by atoms with Gasteiger partial charge < -0.3 is 10.2 Å². The molecule has 1 N–H and O–H groups in total. The van der Waals surface area contributed by atoms with E-state index < -0.39 is 0 Å². The van der Waals surface area contributed by atoms with Crippen molar-refractivity contribution < 1.29 is 0 Å². The van der Waals surface area contributed by atoms with E-state index in [0.717, 1.165) is 12.5 Å². The van der Waals surface area contributed by atoms with Crippen molar-refractivity contribution in [2.45, 2.75) is 39.2 Å². The molecule has 1 saturated heterocycles. The van der Waals surface area contributed by atoms with Crippen LogP contribution < -0.4 is 5.32 Å². The lowest BCUT2D eigenvalue weighted by molar-refractivity contribution is 0.172. The summed E-state index contributed by atoms with van der Waals surface area (Å²) in [4.78, 5) is 2.44. The van der Waals surface area contributed by atoms with Gasteiger partial charge in [-0.2, -0.15) is 0 Å². The van der Waals surface area contributed by atoms with Gasteiger partial charge in [-0.3, -0.25) is 0 Å². The second-order valence-electron chi connectivity index (χ2n) is 6.80. The van der Waals surface area contributed by atoms with E-state index in [1.54, 1.807) is 0 Å². The molecule has 1 aromatic rings. The van der Waals surface area contributed by atoms with E-state index >= 15 is 0 Å². The van der Waals surface area contributed by atoms with Gasteiger partial charge in [0.05, 0.1) is 0 Å². The highest BCUT2D eigenvalue weighted by Gasteiger charge is 2.25. The predicted molar refractivity (Wildman–Crippen MR) is 87.1 cm³/mol. The zero-order chi connectivity index (χ0) is 14.5. The number of benzene rings is 1. The van der Waals surface area contributed by atoms with Crippen LogP contribution in [0.1, 0.15) is 38.7 Å². The first-order valence-corrected chi connectivity index (χ1v) is 8.04. The van der Waals surface area contributed by atoms with Crippen molar-refractivity contribution in [2.24, 2.45) is 11.8 Å². The molecule has 20 heavy (non-hydrogen) atoms. The molecule has 3 unspecified atom stereocenters. The lowest BCUT2D eigenvalue weighted by Crippen LogP contribution is -2.48. The molecule has 1 fully saturated rings. The maximum absolute atomic E-state index is 3.85. The second-order valence-corrected chi connectivity index (χ2v) is 6.80. The van der Waals surface area contributed by atoms with Gasteiger partial charge in [0.15, 0.2) is 0 Å². The van der Waals surface area contributed by atoms with Crippen LogP contribution in [-0.4, -0.2) is 37.6 Å². The van der Waals surface area contributed by atoms with Gasteiger partial charge >= 0.3 is 0 Å². The van der Waals surface area contributed by atoms with Crippen LogP contribution in [0.15, 0.2) is 30.3 Å². The highest BCUT2D eigenvalue weighted by atomic mass is 15.1. The van der Waals surface area contributed by atoms with Crippen molar-refractivity contribution in [3.63, 3.8) is 0 Å². The van der Waals surface area contributed by atoms with Crippen molar-refractivity contribution in [3.05, 3.63) is 35.9 Å². The predicted octanol–water partition coefficient (Wildman–Crippen LogP) is 3.36. The van der Waals surface area contributed by atoms with Crippen LogP contribution in [0.3, 0.4) is 0 Å². The van der Waals surface area contributed by atoms with Gasteiger partial charge in [-0.1, -0.05) is 51.1 Å². The number of nitrogens with zero attached hydrogens (tertiary/aromatic N) is 1. The van der Waals surface area contributed by atoms with E-state index in [9.17, 15) is 0 Å². The Labute approximate surface area is 124 Å². The van der Waals surface area contributed by atoms with E-state index in [0.29, 0.717) is 17.9 Å². The van der Waals surface area contributed by atoms with Crippen LogP contribution in [0, 0.1) is 11.8 Å². The molecule has 0 aromatic heterocycles. The molecule has 1 heterocycles. The molecule has 0 spiro atoms. The fourth-order valence-corrected chi connectivity index (χ4v) is 3.37. The highest BCUT2D eigenvalue weighted by molar-refractivity contribution is 5.20. The van der Waals surface area contributed by atoms with E-state index in [-0.39, 0.29) is 0 Å². The van der Waals surface area contributed by atoms with Crippen LogP contribution in [0.5, 0.6) is 0 Å². The van der Waals surface area contributed by atoms with Crippen LogP contribution in [-0.2, 0) is 0 Å². The van der Waals surface area contributed by atoms with Gasteiger partial charge in [-0.25, -0.2) is 0 Å². The number of rotatable bonds is 5. The SMILES string of the molecule is CC(C)C(CNC1CCN(C)CC1C)c1ccccc1. The van der Waals surface area contributed by atoms with Crippen molar-refractivity contribution in [3.8, 4) is 0 Å². The van der Waals surface area contributed by atoms with Crippen molar-refractivity contribution in [1.82, 2.24) is 10.2 Å². The summed E-state index contributed by atoms with van der Waals surface area (Å²) in [5, 5.41) is 3.85. The summed E-state index contributed by atoms with van der Waals surface area (Å²) in [6.45, 7) is 10.6. The second kappa shape index (κ2) is 7.24. The molecule has 2 heteroatoms. The summed E-state index contributed by atoms with van der Waals surface area (Å²) in [5.74, 6) is 2.03. The summed E-state index contributed by atoms with van der Waals surface area (Å²) in [6.07, 6.45) is 1.28. The Balaban J connectivity index is 1.93. The van der Waals surface area contributed by atoms with Crippen molar-refractivity contribution in [1.29, 1.82) is 0 Å². The van der Waals surface area contributed by atoms with Crippen LogP contribution in [0.25, 0.3) is 0 Å². The highest BCUT2D eigenvalue weighted by Crippen LogP contribution is 2.24. The molecular weight excluding hydrogens is 244 g/mol. The Morgan fingerprint density at radius 2 is 1.95 bits per heavy atom. The molecule has 0 bridgehead atoms. The third-order valence-corrected chi connectivity index (χ3v) is 4.74. The molecule has 1 aliphatic heterocycles. The Kier molecular flexibility index (Phi) is 5.62. The third-order valence-electron chi connectivity index (χ3n) is 4.74. The minimum absolute atomic E-state index is 0.614. The van der Waals surface area contributed by atoms with Crippen molar-refractivity contribution >= 4 is 0 Å². The molecule has 2 rings (SSSR count). The first kappa shape index (κ1) is 15.5. The molecular formula is C18H30N2. The lowest BCUT2D eigenvalue weighted by Gasteiger charge is -2.36. The third kappa shape index (κ3) is 4.07. The maximum Gasteiger partial charge on any atom is 0.0117 e. The van der Waals surface area contributed by atoms with Crippen LogP contribution in [0.2, 0.25) is 0 Å². The van der Waals surface area contributed by atoms with Gasteiger partial charge in [-0.15, -0.1) is 0 Å². The van der Waals surface area contributed by atoms with Gasteiger partial charge in [0, 0.05) is 19.1 Å². The minimum Gasteiger partial charge on any atom is -0.313 e. The molecule has 112 valence electrons. The lowest BCUT2D eigenvalue weighted by atomic mass is 9.87. The smallest absolute Gasteiger partial charge is 0.0117 e. The fourth-order valence-electron chi connectivity index (χ4n) is 3.37. The largest absolute Gasteiger partial charge is 0.313 e. The Morgan fingerprint density at radius 3 is 2.55 bits per heavy atom. The molecule has 3 atom stereocenters. The monoisotopic (exact) mass is 274 g/mol. The van der Waals surface area contributed by atoms with Gasteiger partial charge in [0.2, 0.25) is 0 Å². The number of hydrogen-bond donors (Lipinski definition) is 1. The zero-order valence-electron chi connectivity index (χ0n) is 13.5. The molecule has 0 radical (unpaired) electrons. The fraction of sp³-hybridized carbons (Fsp3) is 0.667. The minimum atomic E-state index is 0.614. The normalized spacial score (nSPS) is 25.9. The Bertz CT molecular complexity index is 388. The first-order valence-electron chi connectivity index (χ1n) is 8.04. The number of piperidine rings is 1. The molecule has 0 amide bonds. The molecule has 0 aliphatic carbocycles. The average molecular weight is 274 g/mol. The Morgan fingerprint density at radius 1 is 1.25 bits per heavy atom. The number of nitrogens with one attached hydrogen (secondary N) is 1. The summed E-state index contributed by atoms with van der Waals surface area (Å²) in [6, 6.07) is 11.6. The van der Waals surface area contributed by atoms with E-state index in [4.69, 9.17) is 0 Å². The molecule has 1 aromatic carbocycles. The summed E-state index contributed by atoms with van der Waals surface area (Å²) < 4.78 is 0. The molecule has 2 nitrogen and oxygen atoms in total. The summed E-state index contributed by atoms with van der Waals surface area (Å²) in [7, 11) is 2.23. The topological polar surface area (TPSA) is 15.3 Å². The van der Waals surface area contributed by atoms with Crippen LogP contribution >= 0.6 is 0 Å². The standard InChI is InChI=1S/C18H30N2/c1-14(2)17(16-8-6-5-7-9-16)12-19-18-10-11-20(4)13-15(18)3/h5-9,14-15,17-19H,10-13H2,1-4H3. The van der Waals surface area contributed by atoms with Gasteiger partial charge in [-0.05, 0) is 43.3 Å². The van der Waals surface area contributed by atoms with Gasteiger partial charge in [0.25, 0.3) is 0 Å². The quantitative estimate of drug-likeness (QED) is 0.886. The molecule has 1 aliphatic rings. The van der Waals surface area contributed by atoms with Crippen LogP contribution in [0.4, 0.5) is 0 Å². The number of likely N-dealkylation sites (tertiary alicyclic amines) is 1. The van der Waals surface area contributed by atoms with Crippen molar-refractivity contribution in [2.75, 3.05) is 26.7 Å². The summed E-state index contributed by atoms with van der Waals surface area (Å²) >= 11 is 0. The summed E-state index contributed by atoms with van der Waals surface area (Å²) in [5.41, 5.74) is 1.47. The maximum atomic E-state index is 3.85. The average Bonchev–Trinajstić information content (AvgIpc) is 2.42. The Hall–Kier alpha value is -0.860. The van der Waals surface area contributed by atoms with E-state index in [1.165, 1.54) is 25.1 Å². The number of hydrogen-bond acceptors (Lipinski definition) is 2.